The number of nitrogens with zero attached hydrogens (tertiary/aromatic N) is 2. The summed E-state index contributed by atoms with van der Waals surface area (Å²) in [5.41, 5.74) is 1.15. The summed E-state index contributed by atoms with van der Waals surface area (Å²) < 4.78 is 15.2. The minimum Gasteiger partial charge on any atom is -0.350 e. The predicted octanol–water partition coefficient (Wildman–Crippen LogP) is 3.06. The molecule has 2 N–H and O–H groups in total. The summed E-state index contributed by atoms with van der Waals surface area (Å²) in [5, 5.41) is 11.2. The Morgan fingerprint density at radius 3 is 2.96 bits per heavy atom. The van der Waals surface area contributed by atoms with Crippen molar-refractivity contribution in [3.8, 4) is 0 Å². The summed E-state index contributed by atoms with van der Waals surface area (Å²) in [6.07, 6.45) is 5.92. The predicted molar refractivity (Wildman–Crippen MR) is 98.0 cm³/mol. The van der Waals surface area contributed by atoms with Gasteiger partial charge < -0.3 is 10.6 Å². The fourth-order valence-electron chi connectivity index (χ4n) is 3.67. The number of hydrogen-bond donors (Lipinski definition) is 2. The summed E-state index contributed by atoms with van der Waals surface area (Å²) >= 11 is 6.20. The molecule has 0 spiro atoms. The van der Waals surface area contributed by atoms with Crippen LogP contribution in [0.3, 0.4) is 0 Å². The first kappa shape index (κ1) is 17.5. The topological polar surface area (TPSA) is 59.0 Å². The molecule has 4 rings (SSSR count). The van der Waals surface area contributed by atoms with E-state index in [0.717, 1.165) is 44.3 Å². The Hall–Kier alpha value is -1.92. The number of nitrogens with one attached hydrogen (secondary N) is 2. The lowest BCUT2D eigenvalue weighted by Gasteiger charge is -2.22. The second-order valence-corrected chi connectivity index (χ2v) is 7.68. The zero-order valence-corrected chi connectivity index (χ0v) is 15.2. The zero-order valence-electron chi connectivity index (χ0n) is 14.5. The molecule has 1 aliphatic carbocycles. The third kappa shape index (κ3) is 3.48. The minimum absolute atomic E-state index is 0.183. The molecular weight excluding hydrogens is 355 g/mol. The number of piperidine rings is 1. The van der Waals surface area contributed by atoms with E-state index in [1.54, 1.807) is 12.1 Å². The van der Waals surface area contributed by atoms with Gasteiger partial charge in [-0.15, -0.1) is 0 Å². The minimum atomic E-state index is -0.346. The van der Waals surface area contributed by atoms with Gasteiger partial charge in [0, 0.05) is 29.7 Å². The van der Waals surface area contributed by atoms with E-state index in [-0.39, 0.29) is 17.1 Å². The molecule has 1 aromatic carbocycles. The van der Waals surface area contributed by atoms with Gasteiger partial charge >= 0.3 is 0 Å². The van der Waals surface area contributed by atoms with Crippen LogP contribution in [-0.2, 0) is 5.41 Å². The van der Waals surface area contributed by atoms with Crippen molar-refractivity contribution in [2.45, 2.75) is 37.1 Å². The Bertz CT molecular complexity index is 812. The maximum absolute atomic E-state index is 13.3. The molecule has 1 unspecified atom stereocenters. The van der Waals surface area contributed by atoms with Crippen molar-refractivity contribution in [1.82, 2.24) is 20.4 Å². The molecule has 1 saturated heterocycles. The number of carbonyl (C=O) groups is 1. The van der Waals surface area contributed by atoms with Crippen molar-refractivity contribution in [2.24, 2.45) is 0 Å². The summed E-state index contributed by atoms with van der Waals surface area (Å²) in [5.74, 6) is -0.529. The third-order valence-corrected chi connectivity index (χ3v) is 5.74. The molecule has 1 amide bonds. The van der Waals surface area contributed by atoms with Crippen LogP contribution in [0.4, 0.5) is 4.39 Å². The number of benzene rings is 1. The quantitative estimate of drug-likeness (QED) is 0.843. The Morgan fingerprint density at radius 2 is 2.27 bits per heavy atom. The van der Waals surface area contributed by atoms with Crippen LogP contribution in [0.1, 0.15) is 47.8 Å². The lowest BCUT2D eigenvalue weighted by atomic mass is 9.95. The average Bonchev–Trinajstić information content (AvgIpc) is 3.26. The summed E-state index contributed by atoms with van der Waals surface area (Å²) in [6.45, 7) is 2.41. The van der Waals surface area contributed by atoms with Crippen molar-refractivity contribution in [2.75, 3.05) is 19.6 Å². The lowest BCUT2D eigenvalue weighted by molar-refractivity contribution is 0.0943. The van der Waals surface area contributed by atoms with E-state index in [0.29, 0.717) is 23.3 Å². The largest absolute Gasteiger partial charge is 0.350 e. The number of carbonyl (C=O) groups excluding carboxylic acids is 1. The van der Waals surface area contributed by atoms with Crippen LogP contribution in [0.15, 0.2) is 30.5 Å². The first-order chi connectivity index (χ1) is 12.6. The summed E-state index contributed by atoms with van der Waals surface area (Å²) in [7, 11) is 0. The van der Waals surface area contributed by atoms with Gasteiger partial charge in [-0.25, -0.2) is 4.39 Å². The van der Waals surface area contributed by atoms with Crippen molar-refractivity contribution < 1.29 is 9.18 Å². The standard InChI is InChI=1S/C19H22ClFN4O/c20-16-10-13(21)3-4-15(16)19(6-7-19)12-23-18(26)17-5-9-25(24-17)14-2-1-8-22-11-14/h3-5,9-10,14,22H,1-2,6-8,11-12H2,(H,23,26). The Kier molecular flexibility index (Phi) is 4.71. The van der Waals surface area contributed by atoms with E-state index in [2.05, 4.69) is 15.7 Å². The fourth-order valence-corrected chi connectivity index (χ4v) is 4.04. The van der Waals surface area contributed by atoms with Crippen molar-refractivity contribution >= 4 is 17.5 Å². The highest BCUT2D eigenvalue weighted by Crippen LogP contribution is 2.50. The first-order valence-electron chi connectivity index (χ1n) is 9.07. The van der Waals surface area contributed by atoms with E-state index < -0.39 is 0 Å². The van der Waals surface area contributed by atoms with Gasteiger partial charge in [0.05, 0.1) is 6.04 Å². The van der Waals surface area contributed by atoms with E-state index in [1.807, 2.05) is 10.9 Å². The van der Waals surface area contributed by atoms with E-state index in [4.69, 9.17) is 11.6 Å². The van der Waals surface area contributed by atoms with Gasteiger partial charge in [-0.2, -0.15) is 5.10 Å². The fraction of sp³-hybridized carbons (Fsp3) is 0.474. The van der Waals surface area contributed by atoms with Crippen molar-refractivity contribution in [1.29, 1.82) is 0 Å². The van der Waals surface area contributed by atoms with E-state index >= 15 is 0 Å². The molecule has 2 aliphatic rings. The molecule has 0 radical (unpaired) electrons. The van der Waals surface area contributed by atoms with Crippen LogP contribution in [0.5, 0.6) is 0 Å². The highest BCUT2D eigenvalue weighted by molar-refractivity contribution is 6.31. The van der Waals surface area contributed by atoms with Crippen LogP contribution >= 0.6 is 11.6 Å². The van der Waals surface area contributed by atoms with E-state index in [1.165, 1.54) is 12.1 Å². The highest BCUT2D eigenvalue weighted by atomic mass is 35.5. The molecule has 2 aromatic rings. The molecular formula is C19H22ClFN4O. The number of amides is 1. The second-order valence-electron chi connectivity index (χ2n) is 7.27. The van der Waals surface area contributed by atoms with Gasteiger partial charge in [-0.05, 0) is 56.0 Å². The molecule has 7 heteroatoms. The molecule has 26 heavy (non-hydrogen) atoms. The second kappa shape index (κ2) is 7.00. The van der Waals surface area contributed by atoms with Crippen molar-refractivity contribution in [3.63, 3.8) is 0 Å². The monoisotopic (exact) mass is 376 g/mol. The highest BCUT2D eigenvalue weighted by Gasteiger charge is 2.45. The molecule has 138 valence electrons. The molecule has 5 nitrogen and oxygen atoms in total. The van der Waals surface area contributed by atoms with Crippen LogP contribution in [0.25, 0.3) is 0 Å². The molecule has 2 heterocycles. The van der Waals surface area contributed by atoms with Crippen LogP contribution in [-0.4, -0.2) is 35.3 Å². The van der Waals surface area contributed by atoms with Gasteiger partial charge in [0.15, 0.2) is 0 Å². The molecule has 2 fully saturated rings. The van der Waals surface area contributed by atoms with Crippen molar-refractivity contribution in [3.05, 3.63) is 52.6 Å². The summed E-state index contributed by atoms with van der Waals surface area (Å²) in [4.78, 5) is 12.5. The van der Waals surface area contributed by atoms with Gasteiger partial charge in [-0.3, -0.25) is 9.48 Å². The van der Waals surface area contributed by atoms with Crippen LogP contribution < -0.4 is 10.6 Å². The van der Waals surface area contributed by atoms with E-state index in [9.17, 15) is 9.18 Å². The van der Waals surface area contributed by atoms with Crippen LogP contribution in [0.2, 0.25) is 5.02 Å². The lowest BCUT2D eigenvalue weighted by Crippen LogP contribution is -2.34. The van der Waals surface area contributed by atoms with Gasteiger partial charge in [-0.1, -0.05) is 17.7 Å². The Morgan fingerprint density at radius 1 is 1.42 bits per heavy atom. The SMILES string of the molecule is O=C(NCC1(c2ccc(F)cc2Cl)CC1)c1ccn(C2CCCNC2)n1. The average molecular weight is 377 g/mol. The molecule has 1 saturated carbocycles. The molecule has 1 aliphatic heterocycles. The third-order valence-electron chi connectivity index (χ3n) is 5.43. The van der Waals surface area contributed by atoms with Crippen LogP contribution in [0, 0.1) is 5.82 Å². The normalized spacial score (nSPS) is 21.4. The Labute approximate surface area is 156 Å². The Balaban J connectivity index is 1.40. The summed E-state index contributed by atoms with van der Waals surface area (Å²) in [6, 6.07) is 6.54. The maximum atomic E-state index is 13.3. The maximum Gasteiger partial charge on any atom is 0.271 e. The van der Waals surface area contributed by atoms with Gasteiger partial charge in [0.1, 0.15) is 11.5 Å². The number of aromatic nitrogens is 2. The first-order valence-corrected chi connectivity index (χ1v) is 9.45. The smallest absolute Gasteiger partial charge is 0.271 e. The molecule has 0 bridgehead atoms. The number of rotatable bonds is 5. The molecule has 1 atom stereocenters. The van der Waals surface area contributed by atoms with Gasteiger partial charge in [0.25, 0.3) is 5.91 Å². The number of hydrogen-bond acceptors (Lipinski definition) is 3. The zero-order chi connectivity index (χ0) is 18.1. The number of halogens is 2. The van der Waals surface area contributed by atoms with Gasteiger partial charge in [0.2, 0.25) is 0 Å². The molecule has 1 aromatic heterocycles.